The quantitative estimate of drug-likeness (QED) is 0.304. The van der Waals surface area contributed by atoms with Gasteiger partial charge in [-0.15, -0.1) is 10.2 Å². The molecule has 12 nitrogen and oxygen atoms in total. The van der Waals surface area contributed by atoms with E-state index in [-0.39, 0.29) is 31.9 Å². The summed E-state index contributed by atoms with van der Waals surface area (Å²) in [5, 5.41) is 14.4. The van der Waals surface area contributed by atoms with Gasteiger partial charge in [0.1, 0.15) is 11.1 Å². The van der Waals surface area contributed by atoms with Crippen LogP contribution in [0.15, 0.2) is 9.64 Å². The third kappa shape index (κ3) is 9.34. The zero-order valence-electron chi connectivity index (χ0n) is 25.4. The molecule has 2 aliphatic rings. The molecule has 1 saturated carbocycles. The van der Waals surface area contributed by atoms with Gasteiger partial charge in [0.05, 0.1) is 6.04 Å². The first-order valence-electron chi connectivity index (χ1n) is 14.6. The molecule has 0 bridgehead atoms. The van der Waals surface area contributed by atoms with Crippen molar-refractivity contribution < 1.29 is 31.2 Å². The van der Waals surface area contributed by atoms with Crippen LogP contribution in [0.4, 0.5) is 9.59 Å². The summed E-state index contributed by atoms with van der Waals surface area (Å²) in [5.74, 6) is -0.850. The highest BCUT2D eigenvalue weighted by atomic mass is 32.2. The van der Waals surface area contributed by atoms with Crippen LogP contribution in [0.5, 0.6) is 0 Å². The van der Waals surface area contributed by atoms with Crippen molar-refractivity contribution >= 4 is 35.6 Å². The van der Waals surface area contributed by atoms with E-state index in [1.165, 1.54) is 11.8 Å². The summed E-state index contributed by atoms with van der Waals surface area (Å²) in [6.07, 6.45) is 3.45. The fraction of sp³-hybridized carbons (Fsp3) is 0.786. The molecule has 13 heteroatoms. The molecule has 1 saturated heterocycles. The molecule has 1 aromatic heterocycles. The molecule has 2 heterocycles. The first-order chi connectivity index (χ1) is 19.2. The first kappa shape index (κ1) is 32.7. The highest BCUT2D eigenvalue weighted by Gasteiger charge is 2.44. The lowest BCUT2D eigenvalue weighted by molar-refractivity contribution is -0.129. The molecule has 234 valence electrons. The zero-order chi connectivity index (χ0) is 30.4. The molecular weight excluding hydrogens is 548 g/mol. The van der Waals surface area contributed by atoms with Crippen LogP contribution >= 0.6 is 11.8 Å². The van der Waals surface area contributed by atoms with Crippen LogP contribution in [0, 0.1) is 5.92 Å². The van der Waals surface area contributed by atoms with Crippen LogP contribution in [0.1, 0.15) is 101 Å². The molecule has 1 atom stereocenters. The number of piperazine rings is 1. The average molecular weight is 599 g/mol. The maximum absolute atomic E-state index is 13.9. The minimum Gasteiger partial charge on any atom is -0.444 e. The molecule has 2 N–H and O–H groups in total. The maximum Gasteiger partial charge on any atom is 0.410 e. The normalized spacial score (nSPS) is 18.3. The number of nitrogens with one attached hydrogen (secondary N) is 2. The molecule has 1 aliphatic carbocycles. The Morgan fingerprint density at radius 2 is 1.61 bits per heavy atom. The van der Waals surface area contributed by atoms with Crippen molar-refractivity contribution in [1.29, 1.82) is 0 Å². The number of carbonyl (C=O) groups excluding carboxylic acids is 4. The number of rotatable bonds is 9. The van der Waals surface area contributed by atoms with Gasteiger partial charge >= 0.3 is 12.1 Å². The van der Waals surface area contributed by atoms with Crippen LogP contribution in [-0.4, -0.2) is 92.4 Å². The molecule has 4 amide bonds. The fourth-order valence-corrected chi connectivity index (χ4v) is 5.59. The van der Waals surface area contributed by atoms with Gasteiger partial charge in [-0.3, -0.25) is 9.59 Å². The lowest BCUT2D eigenvalue weighted by Gasteiger charge is -2.41. The summed E-state index contributed by atoms with van der Waals surface area (Å²) in [5.41, 5.74) is -1.74. The van der Waals surface area contributed by atoms with Gasteiger partial charge in [-0.25, -0.2) is 9.59 Å². The van der Waals surface area contributed by atoms with Gasteiger partial charge in [-0.1, -0.05) is 58.7 Å². The highest BCUT2D eigenvalue weighted by Crippen LogP contribution is 2.30. The Balaban J connectivity index is 0.00000462. The number of nitrogens with zero attached hydrogens (tertiary/aromatic N) is 4. The summed E-state index contributed by atoms with van der Waals surface area (Å²) >= 11 is 1.36. The van der Waals surface area contributed by atoms with E-state index in [2.05, 4.69) is 20.8 Å². The number of thioether (sulfide) groups is 1. The second-order valence-electron chi connectivity index (χ2n) is 12.6. The van der Waals surface area contributed by atoms with Crippen molar-refractivity contribution in [1.82, 2.24) is 30.6 Å². The Morgan fingerprint density at radius 3 is 2.17 bits per heavy atom. The molecule has 0 aromatic carbocycles. The Morgan fingerprint density at radius 1 is 1.00 bits per heavy atom. The molecule has 0 spiro atoms. The first-order valence-corrected chi connectivity index (χ1v) is 15.5. The van der Waals surface area contributed by atoms with E-state index in [0.29, 0.717) is 50.7 Å². The molecular formula is C28H50N6O6S. The molecule has 0 unspecified atom stereocenters. The second kappa shape index (κ2) is 13.9. The second-order valence-corrected chi connectivity index (χ2v) is 14.1. The van der Waals surface area contributed by atoms with Crippen LogP contribution in [0.2, 0.25) is 0 Å². The van der Waals surface area contributed by atoms with Gasteiger partial charge in [0.25, 0.3) is 11.1 Å². The van der Waals surface area contributed by atoms with Gasteiger partial charge < -0.3 is 29.6 Å². The number of amides is 4. The van der Waals surface area contributed by atoms with E-state index >= 15 is 0 Å². The van der Waals surface area contributed by atoms with E-state index < -0.39 is 29.1 Å². The monoisotopic (exact) mass is 598 g/mol. The van der Waals surface area contributed by atoms with Crippen LogP contribution in [-0.2, 0) is 9.53 Å². The number of Topliss-reactive ketones (excluding diaryl/α,β-unsaturated/α-hetero) is 1. The standard InChI is InChI=1S/C28H46N6O6S.2H2/c1-18(2)17-20(21(35)22-31-32-25(39-22)41-19(3)4)29-23(36)28(11-9-8-10-12-28)30-24(37)33-13-15-34(16-14-33)26(38)40-27(5,6)7;;/h18-20H,8-17H2,1-7H3,(H,29,36)(H,30,37);2*1H/t20-;;/m0../s1. The Kier molecular flexibility index (Phi) is 11.1. The van der Waals surface area contributed by atoms with Crippen molar-refractivity contribution in [3.05, 3.63) is 5.89 Å². The van der Waals surface area contributed by atoms with Crippen LogP contribution < -0.4 is 10.6 Å². The SMILES string of the molecule is CC(C)C[C@H](NC(=O)C1(NC(=O)N2CCN(C(=O)OC(C)(C)C)CC2)CCCCC1)C(=O)c1nnc(SC(C)C)o1.[HH].[HH]. The van der Waals surface area contributed by atoms with E-state index in [9.17, 15) is 19.2 Å². The van der Waals surface area contributed by atoms with Crippen molar-refractivity contribution in [2.24, 2.45) is 5.92 Å². The lowest BCUT2D eigenvalue weighted by atomic mass is 9.80. The third-order valence-corrected chi connectivity index (χ3v) is 7.83. The minimum atomic E-state index is -1.14. The fourth-order valence-electron chi connectivity index (χ4n) is 4.97. The predicted molar refractivity (Wildman–Crippen MR) is 159 cm³/mol. The number of carbonyl (C=O) groups is 4. The molecule has 1 aliphatic heterocycles. The van der Waals surface area contributed by atoms with Gasteiger partial charge in [-0.05, 0) is 46.0 Å². The number of ether oxygens (including phenoxy) is 1. The summed E-state index contributed by atoms with van der Waals surface area (Å²) in [6, 6.07) is -1.22. The van der Waals surface area contributed by atoms with Crippen LogP contribution in [0.25, 0.3) is 0 Å². The summed E-state index contributed by atoms with van der Waals surface area (Å²) in [7, 11) is 0. The topological polar surface area (TPSA) is 147 Å². The molecule has 1 aromatic rings. The van der Waals surface area contributed by atoms with Gasteiger partial charge in [0.2, 0.25) is 11.7 Å². The maximum atomic E-state index is 13.9. The van der Waals surface area contributed by atoms with Crippen molar-refractivity contribution in [2.75, 3.05) is 26.2 Å². The van der Waals surface area contributed by atoms with Crippen molar-refractivity contribution in [3.63, 3.8) is 0 Å². The van der Waals surface area contributed by atoms with Gasteiger partial charge in [0.15, 0.2) is 0 Å². The average Bonchev–Trinajstić information content (AvgIpc) is 3.35. The smallest absolute Gasteiger partial charge is 0.410 e. The largest absolute Gasteiger partial charge is 0.444 e. The summed E-state index contributed by atoms with van der Waals surface area (Å²) in [4.78, 5) is 56.3. The number of hydrogen-bond acceptors (Lipinski definition) is 9. The minimum absolute atomic E-state index is 0. The number of aromatic nitrogens is 2. The van der Waals surface area contributed by atoms with Crippen molar-refractivity contribution in [3.8, 4) is 0 Å². The molecule has 0 radical (unpaired) electrons. The number of urea groups is 1. The van der Waals surface area contributed by atoms with E-state index in [0.717, 1.165) is 19.3 Å². The summed E-state index contributed by atoms with van der Waals surface area (Å²) in [6.45, 7) is 14.7. The number of ketones is 1. The molecule has 3 rings (SSSR count). The summed E-state index contributed by atoms with van der Waals surface area (Å²) < 4.78 is 11.0. The van der Waals surface area contributed by atoms with E-state index in [4.69, 9.17) is 9.15 Å². The highest BCUT2D eigenvalue weighted by molar-refractivity contribution is 7.99. The van der Waals surface area contributed by atoms with Crippen molar-refractivity contribution in [2.45, 2.75) is 115 Å². The molecule has 2 fully saturated rings. The Labute approximate surface area is 250 Å². The van der Waals surface area contributed by atoms with E-state index in [1.807, 2.05) is 48.5 Å². The number of hydrogen-bond donors (Lipinski definition) is 2. The lowest BCUT2D eigenvalue weighted by Crippen LogP contribution is -2.65. The zero-order valence-corrected chi connectivity index (χ0v) is 26.3. The molecule has 41 heavy (non-hydrogen) atoms. The Hall–Kier alpha value is -2.83. The van der Waals surface area contributed by atoms with Crippen LogP contribution in [0.3, 0.4) is 0 Å². The van der Waals surface area contributed by atoms with Gasteiger partial charge in [-0.2, -0.15) is 0 Å². The predicted octanol–water partition coefficient (Wildman–Crippen LogP) is 4.74. The Bertz CT molecular complexity index is 1080. The van der Waals surface area contributed by atoms with Gasteiger partial charge in [0, 0.05) is 34.3 Å². The van der Waals surface area contributed by atoms with E-state index in [1.54, 1.807) is 9.80 Å². The third-order valence-electron chi connectivity index (χ3n) is 6.99.